The van der Waals surface area contributed by atoms with Crippen LogP contribution in [-0.4, -0.2) is 24.1 Å². The standard InChI is InChI=1S/C16H17NO4/c1-2-9-4-3-5-10(8-9)17-15(18)13-11-6-7-12(21-11)14(13)16(19)20/h3-8,11-14H,2H2,1H3,(H,17,18)(H,19,20)/p-1/t11-,12+,13+,14+/m1/s1. The smallest absolute Gasteiger partial charge is 0.231 e. The lowest BCUT2D eigenvalue weighted by molar-refractivity contribution is -0.313. The number of anilines is 1. The van der Waals surface area contributed by atoms with Gasteiger partial charge in [-0.3, -0.25) is 4.79 Å². The number of amides is 1. The summed E-state index contributed by atoms with van der Waals surface area (Å²) in [7, 11) is 0. The lowest BCUT2D eigenvalue weighted by Gasteiger charge is -2.25. The maximum Gasteiger partial charge on any atom is 0.231 e. The maximum atomic E-state index is 12.4. The van der Waals surface area contributed by atoms with Gasteiger partial charge in [0.2, 0.25) is 5.91 Å². The van der Waals surface area contributed by atoms with E-state index in [2.05, 4.69) is 5.32 Å². The van der Waals surface area contributed by atoms with Crippen molar-refractivity contribution in [1.82, 2.24) is 0 Å². The summed E-state index contributed by atoms with van der Waals surface area (Å²) in [6, 6.07) is 7.51. The molecule has 2 aliphatic rings. The summed E-state index contributed by atoms with van der Waals surface area (Å²) >= 11 is 0. The van der Waals surface area contributed by atoms with Gasteiger partial charge in [-0.05, 0) is 24.1 Å². The van der Waals surface area contributed by atoms with E-state index in [0.717, 1.165) is 12.0 Å². The molecule has 1 aromatic carbocycles. The van der Waals surface area contributed by atoms with E-state index in [-0.39, 0.29) is 5.91 Å². The molecule has 0 unspecified atom stereocenters. The predicted molar refractivity (Wildman–Crippen MR) is 74.2 cm³/mol. The first kappa shape index (κ1) is 13.8. The molecule has 2 aliphatic heterocycles. The summed E-state index contributed by atoms with van der Waals surface area (Å²) in [5.41, 5.74) is 1.77. The van der Waals surface area contributed by atoms with Crippen LogP contribution in [0.2, 0.25) is 0 Å². The first-order valence-corrected chi connectivity index (χ1v) is 7.04. The molecule has 3 rings (SSSR count). The van der Waals surface area contributed by atoms with E-state index in [4.69, 9.17) is 4.74 Å². The molecular formula is C16H16NO4-. The van der Waals surface area contributed by atoms with Crippen molar-refractivity contribution in [3.8, 4) is 0 Å². The van der Waals surface area contributed by atoms with Crippen LogP contribution < -0.4 is 10.4 Å². The highest BCUT2D eigenvalue weighted by Crippen LogP contribution is 2.39. The largest absolute Gasteiger partial charge is 0.550 e. The second-order valence-corrected chi connectivity index (χ2v) is 5.36. The topological polar surface area (TPSA) is 78.5 Å². The number of aliphatic carboxylic acids is 1. The van der Waals surface area contributed by atoms with E-state index in [1.165, 1.54) is 0 Å². The first-order chi connectivity index (χ1) is 10.1. The lowest BCUT2D eigenvalue weighted by Crippen LogP contribution is -2.45. The average molecular weight is 286 g/mol. The number of benzene rings is 1. The normalized spacial score (nSPS) is 29.6. The fraction of sp³-hybridized carbons (Fsp3) is 0.375. The zero-order valence-electron chi connectivity index (χ0n) is 11.6. The second-order valence-electron chi connectivity index (χ2n) is 5.36. The molecule has 2 bridgehead atoms. The number of aryl methyl sites for hydroxylation is 1. The second kappa shape index (κ2) is 5.33. The van der Waals surface area contributed by atoms with Crippen molar-refractivity contribution >= 4 is 17.6 Å². The average Bonchev–Trinajstić information content (AvgIpc) is 3.07. The number of ether oxygens (including phenoxy) is 1. The Morgan fingerprint density at radius 3 is 2.62 bits per heavy atom. The molecular weight excluding hydrogens is 270 g/mol. The molecule has 21 heavy (non-hydrogen) atoms. The van der Waals surface area contributed by atoms with Gasteiger partial charge in [0.15, 0.2) is 0 Å². The number of hydrogen-bond acceptors (Lipinski definition) is 4. The Bertz CT molecular complexity index is 610. The van der Waals surface area contributed by atoms with E-state index in [9.17, 15) is 14.7 Å². The molecule has 110 valence electrons. The molecule has 0 aromatic heterocycles. The summed E-state index contributed by atoms with van der Waals surface area (Å²) in [4.78, 5) is 23.7. The molecule has 1 N–H and O–H groups in total. The van der Waals surface area contributed by atoms with Crippen LogP contribution in [0.4, 0.5) is 5.69 Å². The minimum Gasteiger partial charge on any atom is -0.550 e. The fourth-order valence-electron chi connectivity index (χ4n) is 3.00. The number of carbonyl (C=O) groups is 2. The molecule has 5 nitrogen and oxygen atoms in total. The Balaban J connectivity index is 1.78. The summed E-state index contributed by atoms with van der Waals surface area (Å²) in [6.07, 6.45) is 3.26. The monoisotopic (exact) mass is 286 g/mol. The Morgan fingerprint density at radius 2 is 1.95 bits per heavy atom. The zero-order valence-corrected chi connectivity index (χ0v) is 11.6. The Hall–Kier alpha value is -2.14. The summed E-state index contributed by atoms with van der Waals surface area (Å²) in [6.45, 7) is 2.03. The number of rotatable bonds is 4. The highest BCUT2D eigenvalue weighted by atomic mass is 16.5. The zero-order chi connectivity index (χ0) is 15.0. The third kappa shape index (κ3) is 2.45. The third-order valence-electron chi connectivity index (χ3n) is 4.08. The van der Waals surface area contributed by atoms with Crippen LogP contribution in [0, 0.1) is 11.8 Å². The lowest BCUT2D eigenvalue weighted by atomic mass is 9.82. The van der Waals surface area contributed by atoms with E-state index in [1.807, 2.05) is 25.1 Å². The highest BCUT2D eigenvalue weighted by molar-refractivity contribution is 5.96. The van der Waals surface area contributed by atoms with E-state index in [1.54, 1.807) is 18.2 Å². The van der Waals surface area contributed by atoms with Crippen LogP contribution in [0.15, 0.2) is 36.4 Å². The molecule has 1 fully saturated rings. The molecule has 2 heterocycles. The van der Waals surface area contributed by atoms with Crippen molar-refractivity contribution in [2.75, 3.05) is 5.32 Å². The van der Waals surface area contributed by atoms with Gasteiger partial charge in [0.1, 0.15) is 0 Å². The van der Waals surface area contributed by atoms with Gasteiger partial charge >= 0.3 is 0 Å². The molecule has 1 saturated heterocycles. The van der Waals surface area contributed by atoms with Gasteiger partial charge < -0.3 is 20.0 Å². The molecule has 1 amide bonds. The van der Waals surface area contributed by atoms with Crippen molar-refractivity contribution in [3.05, 3.63) is 42.0 Å². The van der Waals surface area contributed by atoms with Gasteiger partial charge in [0.05, 0.1) is 18.1 Å². The van der Waals surface area contributed by atoms with E-state index in [0.29, 0.717) is 5.69 Å². The number of hydrogen-bond donors (Lipinski definition) is 1. The van der Waals surface area contributed by atoms with Crippen molar-refractivity contribution in [2.24, 2.45) is 11.8 Å². The number of carboxylic acids is 1. The van der Waals surface area contributed by atoms with Gasteiger partial charge in [0, 0.05) is 17.6 Å². The predicted octanol–water partition coefficient (Wildman–Crippen LogP) is 0.507. The molecule has 5 heteroatoms. The van der Waals surface area contributed by atoms with Crippen LogP contribution in [0.1, 0.15) is 12.5 Å². The molecule has 0 saturated carbocycles. The summed E-state index contributed by atoms with van der Waals surface area (Å²) in [5, 5.41) is 14.0. The molecule has 0 aliphatic carbocycles. The van der Waals surface area contributed by atoms with Gasteiger partial charge in [-0.2, -0.15) is 0 Å². The SMILES string of the molecule is CCc1cccc(NC(=O)[C@@H]2[C@@H](C(=O)[O-])[C@@H]3C=C[C@H]2O3)c1. The Kier molecular flexibility index (Phi) is 3.51. The van der Waals surface area contributed by atoms with Crippen LogP contribution in [-0.2, 0) is 20.7 Å². The number of nitrogens with one attached hydrogen (secondary N) is 1. The first-order valence-electron chi connectivity index (χ1n) is 7.04. The van der Waals surface area contributed by atoms with Crippen LogP contribution in [0.5, 0.6) is 0 Å². The van der Waals surface area contributed by atoms with E-state index < -0.39 is 30.0 Å². The third-order valence-corrected chi connectivity index (χ3v) is 4.08. The molecule has 4 atom stereocenters. The van der Waals surface area contributed by atoms with Crippen molar-refractivity contribution in [1.29, 1.82) is 0 Å². The minimum atomic E-state index is -1.24. The Morgan fingerprint density at radius 1 is 1.24 bits per heavy atom. The number of carboxylic acid groups (broad SMARTS) is 1. The number of carbonyl (C=O) groups excluding carboxylic acids is 2. The maximum absolute atomic E-state index is 12.4. The van der Waals surface area contributed by atoms with Crippen LogP contribution in [0.3, 0.4) is 0 Å². The quantitative estimate of drug-likeness (QED) is 0.818. The summed E-state index contributed by atoms with van der Waals surface area (Å²) < 4.78 is 5.47. The summed E-state index contributed by atoms with van der Waals surface area (Å²) in [5.74, 6) is -3.24. The van der Waals surface area contributed by atoms with Gasteiger partial charge in [-0.25, -0.2) is 0 Å². The Labute approximate surface area is 122 Å². The van der Waals surface area contributed by atoms with Crippen LogP contribution in [0.25, 0.3) is 0 Å². The van der Waals surface area contributed by atoms with Crippen molar-refractivity contribution in [3.63, 3.8) is 0 Å². The van der Waals surface area contributed by atoms with E-state index >= 15 is 0 Å². The highest BCUT2D eigenvalue weighted by Gasteiger charge is 2.50. The van der Waals surface area contributed by atoms with Gasteiger partial charge in [0.25, 0.3) is 0 Å². The van der Waals surface area contributed by atoms with Gasteiger partial charge in [-0.1, -0.05) is 31.2 Å². The van der Waals surface area contributed by atoms with Gasteiger partial charge in [-0.15, -0.1) is 0 Å². The molecule has 0 spiro atoms. The number of fused-ring (bicyclic) bond motifs is 2. The minimum absolute atomic E-state index is 0.339. The fourth-order valence-corrected chi connectivity index (χ4v) is 3.00. The molecule has 1 aromatic rings. The van der Waals surface area contributed by atoms with Crippen LogP contribution >= 0.6 is 0 Å². The van der Waals surface area contributed by atoms with Crippen molar-refractivity contribution in [2.45, 2.75) is 25.6 Å². The van der Waals surface area contributed by atoms with Crippen molar-refractivity contribution < 1.29 is 19.4 Å². The molecule has 0 radical (unpaired) electrons.